The van der Waals surface area contributed by atoms with E-state index in [2.05, 4.69) is 39.9 Å². The van der Waals surface area contributed by atoms with Gasteiger partial charge in [0.2, 0.25) is 5.95 Å². The van der Waals surface area contributed by atoms with Crippen molar-refractivity contribution < 1.29 is 13.2 Å². The fourth-order valence-electron chi connectivity index (χ4n) is 4.30. The highest BCUT2D eigenvalue weighted by Crippen LogP contribution is 2.37. The number of hydrogen-bond donors (Lipinski definition) is 2. The molecule has 2 unspecified atom stereocenters. The molecule has 0 fully saturated rings. The van der Waals surface area contributed by atoms with E-state index in [-0.39, 0.29) is 6.42 Å². The van der Waals surface area contributed by atoms with Crippen molar-refractivity contribution >= 4 is 28.3 Å². The number of thioether (sulfide) groups is 1. The van der Waals surface area contributed by atoms with Crippen molar-refractivity contribution in [1.29, 1.82) is 0 Å². The van der Waals surface area contributed by atoms with Crippen LogP contribution < -0.4 is 10.7 Å². The van der Waals surface area contributed by atoms with E-state index in [0.717, 1.165) is 11.0 Å². The summed E-state index contributed by atoms with van der Waals surface area (Å²) in [6.07, 6.45) is 11.5. The van der Waals surface area contributed by atoms with E-state index in [0.29, 0.717) is 51.9 Å². The Labute approximate surface area is 223 Å². The van der Waals surface area contributed by atoms with Crippen LogP contribution in [-0.4, -0.2) is 27.7 Å². The van der Waals surface area contributed by atoms with Gasteiger partial charge in [0.25, 0.3) is 0 Å². The third-order valence-electron chi connectivity index (χ3n) is 6.43. The molecule has 2 atom stereocenters. The fourth-order valence-corrected chi connectivity index (χ4v) is 5.10. The lowest BCUT2D eigenvalue weighted by Crippen LogP contribution is -2.22. The lowest BCUT2D eigenvalue weighted by atomic mass is 9.90. The highest BCUT2D eigenvalue weighted by atomic mass is 32.2. The maximum Gasteiger partial charge on any atom is 0.413 e. The summed E-state index contributed by atoms with van der Waals surface area (Å²) in [5.41, 5.74) is 4.64. The average Bonchev–Trinajstić information content (AvgIpc) is 2.93. The highest BCUT2D eigenvalue weighted by Gasteiger charge is 2.35. The number of aromatic nitrogens is 2. The molecule has 0 saturated heterocycles. The van der Waals surface area contributed by atoms with Crippen LogP contribution in [-0.2, 0) is 0 Å². The van der Waals surface area contributed by atoms with Crippen molar-refractivity contribution in [2.45, 2.75) is 24.4 Å². The molecule has 38 heavy (non-hydrogen) atoms. The highest BCUT2D eigenvalue weighted by molar-refractivity contribution is 8.14. The molecule has 9 heteroatoms. The number of anilines is 1. The molecule has 0 bridgehead atoms. The molecular formula is C29H26F3N5S. The average molecular weight is 534 g/mol. The summed E-state index contributed by atoms with van der Waals surface area (Å²) in [7, 11) is 0. The molecular weight excluding hydrogens is 507 g/mol. The van der Waals surface area contributed by atoms with Gasteiger partial charge in [-0.15, -0.1) is 0 Å². The SMILES string of the molecule is CC1C=CC=CC1CNc1nccc(C2=CC(Sc3ccccc3)=NNC2=C2C=CC=C(C(F)(F)F)C2)n1. The Balaban J connectivity index is 1.46. The maximum atomic E-state index is 13.5. The first-order valence-electron chi connectivity index (χ1n) is 12.3. The van der Waals surface area contributed by atoms with E-state index in [1.807, 2.05) is 48.6 Å². The van der Waals surface area contributed by atoms with E-state index in [1.54, 1.807) is 18.3 Å². The number of nitrogens with zero attached hydrogens (tertiary/aromatic N) is 3. The number of halogens is 3. The van der Waals surface area contributed by atoms with Gasteiger partial charge in [-0.2, -0.15) is 18.3 Å². The fraction of sp³-hybridized carbons (Fsp3) is 0.207. The van der Waals surface area contributed by atoms with Crippen molar-refractivity contribution in [1.82, 2.24) is 15.4 Å². The molecule has 2 heterocycles. The Morgan fingerprint density at radius 1 is 1.08 bits per heavy atom. The molecule has 0 spiro atoms. The number of rotatable bonds is 5. The Hall–Kier alpha value is -3.85. The molecule has 1 aromatic heterocycles. The van der Waals surface area contributed by atoms with Gasteiger partial charge in [-0.1, -0.05) is 79.4 Å². The quantitative estimate of drug-likeness (QED) is 0.431. The Bertz CT molecular complexity index is 1400. The Kier molecular flexibility index (Phi) is 7.64. The minimum atomic E-state index is -4.40. The molecule has 3 aliphatic rings. The second kappa shape index (κ2) is 11.3. The van der Waals surface area contributed by atoms with Gasteiger partial charge >= 0.3 is 6.18 Å². The van der Waals surface area contributed by atoms with E-state index in [4.69, 9.17) is 4.98 Å². The van der Waals surface area contributed by atoms with Crippen LogP contribution in [0.3, 0.4) is 0 Å². The third-order valence-corrected chi connectivity index (χ3v) is 7.35. The van der Waals surface area contributed by atoms with Crippen molar-refractivity contribution in [2.24, 2.45) is 16.9 Å². The van der Waals surface area contributed by atoms with Gasteiger partial charge in [0.05, 0.1) is 11.4 Å². The minimum absolute atomic E-state index is 0.258. The number of hydrogen-bond acceptors (Lipinski definition) is 6. The van der Waals surface area contributed by atoms with E-state index >= 15 is 0 Å². The molecule has 1 aromatic carbocycles. The van der Waals surface area contributed by atoms with Crippen molar-refractivity contribution in [2.75, 3.05) is 11.9 Å². The van der Waals surface area contributed by atoms with Crippen LogP contribution in [0.4, 0.5) is 19.1 Å². The molecule has 0 amide bonds. The van der Waals surface area contributed by atoms with Crippen molar-refractivity contribution in [3.63, 3.8) is 0 Å². The number of nitrogens with one attached hydrogen (secondary N) is 2. The summed E-state index contributed by atoms with van der Waals surface area (Å²) in [5, 5.41) is 8.45. The van der Waals surface area contributed by atoms with Crippen molar-refractivity contribution in [3.8, 4) is 0 Å². The van der Waals surface area contributed by atoms with E-state index < -0.39 is 11.7 Å². The number of alkyl halides is 3. The molecule has 5 rings (SSSR count). The van der Waals surface area contributed by atoms with Gasteiger partial charge < -0.3 is 5.32 Å². The van der Waals surface area contributed by atoms with Gasteiger partial charge in [0, 0.05) is 41.1 Å². The predicted octanol–water partition coefficient (Wildman–Crippen LogP) is 7.06. The summed E-state index contributed by atoms with van der Waals surface area (Å²) in [4.78, 5) is 10.1. The zero-order chi connectivity index (χ0) is 26.5. The van der Waals surface area contributed by atoms with Crippen LogP contribution in [0.15, 0.2) is 118 Å². The summed E-state index contributed by atoms with van der Waals surface area (Å²) < 4.78 is 40.5. The van der Waals surface area contributed by atoms with Gasteiger partial charge in [-0.05, 0) is 35.8 Å². The van der Waals surface area contributed by atoms with Crippen LogP contribution >= 0.6 is 11.8 Å². The number of benzene rings is 1. The number of hydrazone groups is 1. The Morgan fingerprint density at radius 3 is 2.68 bits per heavy atom. The Morgan fingerprint density at radius 2 is 1.89 bits per heavy atom. The van der Waals surface area contributed by atoms with Gasteiger partial charge in [-0.25, -0.2) is 9.97 Å². The van der Waals surface area contributed by atoms with Crippen molar-refractivity contribution in [3.05, 3.63) is 114 Å². The lowest BCUT2D eigenvalue weighted by molar-refractivity contribution is -0.0932. The zero-order valence-electron chi connectivity index (χ0n) is 20.6. The van der Waals surface area contributed by atoms with Gasteiger partial charge in [0.1, 0.15) is 5.04 Å². The second-order valence-corrected chi connectivity index (χ2v) is 10.2. The van der Waals surface area contributed by atoms with Gasteiger partial charge in [-0.3, -0.25) is 5.43 Å². The van der Waals surface area contributed by atoms with Gasteiger partial charge in [0.15, 0.2) is 0 Å². The zero-order valence-corrected chi connectivity index (χ0v) is 21.4. The molecule has 2 aromatic rings. The molecule has 2 N–H and O–H groups in total. The van der Waals surface area contributed by atoms with Crippen LogP contribution in [0.2, 0.25) is 0 Å². The molecule has 0 radical (unpaired) electrons. The first-order valence-corrected chi connectivity index (χ1v) is 13.1. The van der Waals surface area contributed by atoms with Crippen LogP contribution in [0, 0.1) is 11.8 Å². The summed E-state index contributed by atoms with van der Waals surface area (Å²) >= 11 is 1.46. The summed E-state index contributed by atoms with van der Waals surface area (Å²) in [6, 6.07) is 11.5. The summed E-state index contributed by atoms with van der Waals surface area (Å²) in [5.74, 6) is 1.15. The van der Waals surface area contributed by atoms with E-state index in [9.17, 15) is 13.2 Å². The number of allylic oxidation sites excluding steroid dienone is 9. The summed E-state index contributed by atoms with van der Waals surface area (Å²) in [6.45, 7) is 2.82. The normalized spacial score (nSPS) is 22.9. The predicted molar refractivity (Wildman–Crippen MR) is 147 cm³/mol. The molecule has 5 nitrogen and oxygen atoms in total. The monoisotopic (exact) mass is 533 g/mol. The first-order chi connectivity index (χ1) is 18.4. The smallest absolute Gasteiger partial charge is 0.354 e. The molecule has 194 valence electrons. The molecule has 2 aliphatic carbocycles. The van der Waals surface area contributed by atoms with Crippen LogP contribution in [0.25, 0.3) is 5.57 Å². The van der Waals surface area contributed by atoms with Crippen LogP contribution in [0.5, 0.6) is 0 Å². The molecule has 1 aliphatic heterocycles. The standard InChI is InChI=1S/C29H26F3N5S/c1-19-8-5-6-9-21(19)18-34-28-33-15-14-25(35-28)24-17-26(38-23-12-3-2-4-13-23)36-37-27(24)20-10-7-11-22(16-20)29(30,31)32/h2-15,17,19,21,37H,16,18H2,1H3,(H,33,34,35). The topological polar surface area (TPSA) is 62.2 Å². The minimum Gasteiger partial charge on any atom is -0.354 e. The third kappa shape index (κ3) is 6.16. The molecule has 0 saturated carbocycles. The largest absolute Gasteiger partial charge is 0.413 e. The first kappa shape index (κ1) is 25.8. The van der Waals surface area contributed by atoms with E-state index in [1.165, 1.54) is 17.8 Å². The lowest BCUT2D eigenvalue weighted by Gasteiger charge is -2.23. The maximum absolute atomic E-state index is 13.5. The second-order valence-electron chi connectivity index (χ2n) is 9.10. The van der Waals surface area contributed by atoms with Crippen LogP contribution in [0.1, 0.15) is 19.0 Å².